The molecular weight excluding hydrogens is 416 g/mol. The van der Waals surface area contributed by atoms with E-state index in [-0.39, 0.29) is 12.1 Å². The standard InChI is InChI=1S/C25H24N6S/c1-17-15-20(18(2)31(17)22-8-4-6-12-28-22)24-23(21-7-3-5-11-27-21)29-25(32)30(24)16-19-9-13-26-14-10-19/h3-15,23-24H,16H2,1-2H3,(H,29,32)/t23-,24-/m0/s1. The molecule has 5 rings (SSSR count). The number of rotatable bonds is 5. The number of aromatic nitrogens is 4. The van der Waals surface area contributed by atoms with Gasteiger partial charge in [0.15, 0.2) is 5.11 Å². The van der Waals surface area contributed by atoms with Crippen molar-refractivity contribution < 1.29 is 0 Å². The maximum absolute atomic E-state index is 5.82. The van der Waals surface area contributed by atoms with Crippen LogP contribution in [0, 0.1) is 13.8 Å². The van der Waals surface area contributed by atoms with Crippen molar-refractivity contribution in [2.45, 2.75) is 32.5 Å². The molecule has 1 fully saturated rings. The zero-order valence-electron chi connectivity index (χ0n) is 18.0. The van der Waals surface area contributed by atoms with Crippen molar-refractivity contribution in [3.8, 4) is 5.82 Å². The second-order valence-corrected chi connectivity index (χ2v) is 8.35. The fraction of sp³-hybridized carbons (Fsp3) is 0.200. The van der Waals surface area contributed by atoms with Crippen molar-refractivity contribution in [2.75, 3.05) is 0 Å². The van der Waals surface area contributed by atoms with E-state index in [0.717, 1.165) is 33.6 Å². The lowest BCUT2D eigenvalue weighted by Gasteiger charge is -2.28. The van der Waals surface area contributed by atoms with Crippen LogP contribution in [0.2, 0.25) is 0 Å². The number of pyridine rings is 3. The van der Waals surface area contributed by atoms with Gasteiger partial charge in [-0.3, -0.25) is 9.97 Å². The van der Waals surface area contributed by atoms with Crippen molar-refractivity contribution in [3.63, 3.8) is 0 Å². The zero-order chi connectivity index (χ0) is 22.1. The number of hydrogen-bond donors (Lipinski definition) is 1. The third-order valence-electron chi connectivity index (χ3n) is 5.97. The minimum atomic E-state index is -0.0526. The molecule has 7 heteroatoms. The summed E-state index contributed by atoms with van der Waals surface area (Å²) in [5.74, 6) is 0.914. The van der Waals surface area contributed by atoms with Crippen LogP contribution in [0.4, 0.5) is 0 Å². The molecule has 0 radical (unpaired) electrons. The van der Waals surface area contributed by atoms with Crippen molar-refractivity contribution in [1.82, 2.24) is 29.7 Å². The molecular formula is C25H24N6S. The van der Waals surface area contributed by atoms with Crippen LogP contribution in [-0.2, 0) is 6.54 Å². The zero-order valence-corrected chi connectivity index (χ0v) is 18.8. The van der Waals surface area contributed by atoms with Gasteiger partial charge in [-0.1, -0.05) is 12.1 Å². The lowest BCUT2D eigenvalue weighted by atomic mass is 9.96. The minimum Gasteiger partial charge on any atom is -0.352 e. The number of thiocarbonyl (C=S) groups is 1. The van der Waals surface area contributed by atoms with Crippen LogP contribution < -0.4 is 5.32 Å². The number of aryl methyl sites for hydroxylation is 1. The van der Waals surface area contributed by atoms with Crippen molar-refractivity contribution in [1.29, 1.82) is 0 Å². The number of nitrogens with zero attached hydrogens (tertiary/aromatic N) is 5. The van der Waals surface area contributed by atoms with Gasteiger partial charge in [0.2, 0.25) is 0 Å². The Morgan fingerprint density at radius 2 is 1.69 bits per heavy atom. The molecule has 0 unspecified atom stereocenters. The van der Waals surface area contributed by atoms with E-state index < -0.39 is 0 Å². The summed E-state index contributed by atoms with van der Waals surface area (Å²) >= 11 is 5.82. The summed E-state index contributed by atoms with van der Waals surface area (Å²) in [6, 6.07) is 18.3. The first kappa shape index (κ1) is 20.3. The Labute approximate surface area is 193 Å². The highest BCUT2D eigenvalue weighted by atomic mass is 32.1. The van der Waals surface area contributed by atoms with Crippen LogP contribution >= 0.6 is 12.2 Å². The van der Waals surface area contributed by atoms with E-state index in [2.05, 4.69) is 55.7 Å². The molecule has 0 spiro atoms. The van der Waals surface area contributed by atoms with Crippen molar-refractivity contribution in [2.24, 2.45) is 0 Å². The molecule has 2 atom stereocenters. The smallest absolute Gasteiger partial charge is 0.170 e. The van der Waals surface area contributed by atoms with E-state index in [4.69, 9.17) is 12.2 Å². The second-order valence-electron chi connectivity index (χ2n) is 7.96. The summed E-state index contributed by atoms with van der Waals surface area (Å²) < 4.78 is 2.21. The molecule has 1 saturated heterocycles. The predicted octanol–water partition coefficient (Wildman–Crippen LogP) is 4.45. The molecule has 0 saturated carbocycles. The van der Waals surface area contributed by atoms with Crippen LogP contribution in [0.25, 0.3) is 5.82 Å². The fourth-order valence-corrected chi connectivity index (χ4v) is 4.83. The maximum atomic E-state index is 5.82. The third-order valence-corrected chi connectivity index (χ3v) is 6.32. The molecule has 4 aromatic rings. The Bertz CT molecular complexity index is 1220. The topological polar surface area (TPSA) is 58.9 Å². The van der Waals surface area contributed by atoms with Gasteiger partial charge in [-0.25, -0.2) is 4.98 Å². The van der Waals surface area contributed by atoms with Gasteiger partial charge in [-0.05, 0) is 79.7 Å². The minimum absolute atomic E-state index is 0.00534. The summed E-state index contributed by atoms with van der Waals surface area (Å²) in [4.78, 5) is 15.6. The Hall–Kier alpha value is -3.58. The van der Waals surface area contributed by atoms with Gasteiger partial charge >= 0.3 is 0 Å². The van der Waals surface area contributed by atoms with E-state index in [1.54, 1.807) is 0 Å². The van der Waals surface area contributed by atoms with Crippen LogP contribution in [0.1, 0.15) is 40.3 Å². The summed E-state index contributed by atoms with van der Waals surface area (Å²) in [5, 5.41) is 4.27. The van der Waals surface area contributed by atoms with E-state index in [1.165, 1.54) is 5.56 Å². The first-order chi connectivity index (χ1) is 15.6. The molecule has 6 nitrogen and oxygen atoms in total. The molecule has 32 heavy (non-hydrogen) atoms. The Morgan fingerprint density at radius 1 is 0.938 bits per heavy atom. The molecule has 1 N–H and O–H groups in total. The summed E-state index contributed by atoms with van der Waals surface area (Å²) in [6.07, 6.45) is 7.30. The van der Waals surface area contributed by atoms with Gasteiger partial charge in [0.25, 0.3) is 0 Å². The normalized spacial score (nSPS) is 18.1. The molecule has 4 aromatic heterocycles. The second kappa shape index (κ2) is 8.51. The number of nitrogens with one attached hydrogen (secondary N) is 1. The fourth-order valence-electron chi connectivity index (χ4n) is 4.52. The van der Waals surface area contributed by atoms with Crippen molar-refractivity contribution >= 4 is 17.3 Å². The first-order valence-electron chi connectivity index (χ1n) is 10.6. The van der Waals surface area contributed by atoms with E-state index in [9.17, 15) is 0 Å². The van der Waals surface area contributed by atoms with Gasteiger partial charge in [-0.2, -0.15) is 0 Å². The summed E-state index contributed by atoms with van der Waals surface area (Å²) in [6.45, 7) is 4.96. The van der Waals surface area contributed by atoms with Gasteiger partial charge in [-0.15, -0.1) is 0 Å². The van der Waals surface area contributed by atoms with Crippen LogP contribution in [0.5, 0.6) is 0 Å². The highest BCUT2D eigenvalue weighted by Crippen LogP contribution is 2.41. The molecule has 1 aliphatic heterocycles. The Balaban J connectivity index is 1.62. The average Bonchev–Trinajstić information content (AvgIpc) is 3.30. The van der Waals surface area contributed by atoms with Gasteiger partial charge < -0.3 is 14.8 Å². The lowest BCUT2D eigenvalue weighted by molar-refractivity contribution is 0.310. The van der Waals surface area contributed by atoms with Crippen LogP contribution in [0.3, 0.4) is 0 Å². The Morgan fingerprint density at radius 3 is 2.38 bits per heavy atom. The van der Waals surface area contributed by atoms with Gasteiger partial charge in [0.05, 0.1) is 17.8 Å². The van der Waals surface area contributed by atoms with Gasteiger partial charge in [0.1, 0.15) is 5.82 Å². The summed E-state index contributed by atoms with van der Waals surface area (Å²) in [5.41, 5.74) is 5.63. The Kier molecular flexibility index (Phi) is 5.41. The molecule has 0 aromatic carbocycles. The summed E-state index contributed by atoms with van der Waals surface area (Å²) in [7, 11) is 0. The van der Waals surface area contributed by atoms with E-state index in [0.29, 0.717) is 6.54 Å². The van der Waals surface area contributed by atoms with Crippen molar-refractivity contribution in [3.05, 3.63) is 108 Å². The molecule has 0 amide bonds. The van der Waals surface area contributed by atoms with Crippen LogP contribution in [-0.4, -0.2) is 29.5 Å². The van der Waals surface area contributed by atoms with E-state index in [1.807, 2.05) is 67.3 Å². The lowest BCUT2D eigenvalue weighted by Crippen LogP contribution is -2.29. The first-order valence-corrected chi connectivity index (χ1v) is 11.0. The highest BCUT2D eigenvalue weighted by Gasteiger charge is 2.41. The molecule has 5 heterocycles. The highest BCUT2D eigenvalue weighted by molar-refractivity contribution is 7.80. The third kappa shape index (κ3) is 3.65. The van der Waals surface area contributed by atoms with Crippen LogP contribution in [0.15, 0.2) is 79.4 Å². The van der Waals surface area contributed by atoms with E-state index >= 15 is 0 Å². The monoisotopic (exact) mass is 440 g/mol. The number of hydrogen-bond acceptors (Lipinski definition) is 4. The molecule has 160 valence electrons. The quantitative estimate of drug-likeness (QED) is 0.463. The van der Waals surface area contributed by atoms with Gasteiger partial charge in [0, 0.05) is 42.7 Å². The molecule has 0 aliphatic carbocycles. The SMILES string of the molecule is Cc1cc([C@H]2[C@H](c3ccccn3)NC(=S)N2Cc2ccncc2)c(C)n1-c1ccccn1. The maximum Gasteiger partial charge on any atom is 0.170 e. The molecule has 0 bridgehead atoms. The molecule has 1 aliphatic rings. The largest absolute Gasteiger partial charge is 0.352 e. The average molecular weight is 441 g/mol. The predicted molar refractivity (Wildman–Crippen MR) is 128 cm³/mol.